The Balaban J connectivity index is 2.02. The summed E-state index contributed by atoms with van der Waals surface area (Å²) < 4.78 is 0. The number of benzene rings is 4. The van der Waals surface area contributed by atoms with Crippen molar-refractivity contribution in [3.8, 4) is 22.3 Å². The lowest BCUT2D eigenvalue weighted by Crippen LogP contribution is -2.05. The van der Waals surface area contributed by atoms with Crippen LogP contribution >= 0.6 is 11.6 Å². The minimum Gasteiger partial charge on any atom is -0.289 e. The van der Waals surface area contributed by atoms with Crippen LogP contribution in [-0.4, -0.2) is 5.78 Å². The first kappa shape index (κ1) is 17.3. The van der Waals surface area contributed by atoms with E-state index in [0.29, 0.717) is 16.1 Å². The van der Waals surface area contributed by atoms with Crippen molar-refractivity contribution in [2.75, 3.05) is 0 Å². The van der Waals surface area contributed by atoms with Crippen LogP contribution in [0.1, 0.15) is 15.9 Å². The summed E-state index contributed by atoms with van der Waals surface area (Å²) in [6, 6.07) is 32.9. The summed E-state index contributed by atoms with van der Waals surface area (Å²) in [4.78, 5) is 13.3. The summed E-state index contributed by atoms with van der Waals surface area (Å²) >= 11 is 6.63. The number of hydrogen-bond acceptors (Lipinski definition) is 1. The Kier molecular flexibility index (Phi) is 4.86. The smallest absolute Gasteiger partial charge is 0.193 e. The standard InChI is InChI=1S/C25H17ClO/c26-22-17-16-21(25(27)20-14-8-3-9-15-20)23(18-10-4-1-5-11-18)24(22)19-12-6-2-7-13-19/h1-17H. The highest BCUT2D eigenvalue weighted by atomic mass is 35.5. The highest BCUT2D eigenvalue weighted by Gasteiger charge is 2.21. The van der Waals surface area contributed by atoms with Gasteiger partial charge < -0.3 is 0 Å². The Labute approximate surface area is 163 Å². The second-order valence-corrected chi connectivity index (χ2v) is 6.68. The molecule has 4 rings (SSSR count). The van der Waals surface area contributed by atoms with Crippen molar-refractivity contribution in [3.63, 3.8) is 0 Å². The van der Waals surface area contributed by atoms with Crippen molar-refractivity contribution in [1.29, 1.82) is 0 Å². The number of hydrogen-bond donors (Lipinski definition) is 0. The fourth-order valence-corrected chi connectivity index (χ4v) is 3.57. The molecule has 0 aliphatic carbocycles. The molecule has 0 saturated heterocycles. The molecule has 0 unspecified atom stereocenters. The number of carbonyl (C=O) groups is 1. The molecule has 0 aromatic heterocycles. The van der Waals surface area contributed by atoms with Gasteiger partial charge in [-0.1, -0.05) is 103 Å². The average molecular weight is 369 g/mol. The zero-order valence-electron chi connectivity index (χ0n) is 14.6. The number of carbonyl (C=O) groups excluding carboxylic acids is 1. The molecule has 4 aromatic rings. The first-order valence-corrected chi connectivity index (χ1v) is 9.16. The first-order chi connectivity index (χ1) is 13.3. The van der Waals surface area contributed by atoms with Gasteiger partial charge in [-0.15, -0.1) is 0 Å². The lowest BCUT2D eigenvalue weighted by Gasteiger charge is -2.17. The van der Waals surface area contributed by atoms with E-state index in [-0.39, 0.29) is 5.78 Å². The van der Waals surface area contributed by atoms with Gasteiger partial charge in [0.1, 0.15) is 0 Å². The van der Waals surface area contributed by atoms with Gasteiger partial charge in [-0.2, -0.15) is 0 Å². The predicted molar refractivity (Wildman–Crippen MR) is 112 cm³/mol. The minimum atomic E-state index is -0.0108. The van der Waals surface area contributed by atoms with Crippen LogP contribution in [0.4, 0.5) is 0 Å². The Hall–Kier alpha value is -3.16. The van der Waals surface area contributed by atoms with E-state index >= 15 is 0 Å². The van der Waals surface area contributed by atoms with Gasteiger partial charge in [-0.05, 0) is 23.3 Å². The lowest BCUT2D eigenvalue weighted by atomic mass is 9.87. The molecule has 0 bridgehead atoms. The molecule has 4 aromatic carbocycles. The second-order valence-electron chi connectivity index (χ2n) is 6.27. The van der Waals surface area contributed by atoms with Crippen LogP contribution in [0.25, 0.3) is 22.3 Å². The van der Waals surface area contributed by atoms with E-state index in [4.69, 9.17) is 11.6 Å². The van der Waals surface area contributed by atoms with E-state index in [9.17, 15) is 4.79 Å². The Morgan fingerprint density at radius 2 is 1.04 bits per heavy atom. The molecule has 0 aliphatic heterocycles. The average Bonchev–Trinajstić information content (AvgIpc) is 2.75. The first-order valence-electron chi connectivity index (χ1n) is 8.79. The molecule has 0 spiro atoms. The van der Waals surface area contributed by atoms with Crippen LogP contribution in [0.5, 0.6) is 0 Å². The van der Waals surface area contributed by atoms with Gasteiger partial charge in [-0.25, -0.2) is 0 Å². The monoisotopic (exact) mass is 368 g/mol. The Morgan fingerprint density at radius 3 is 1.59 bits per heavy atom. The van der Waals surface area contributed by atoms with E-state index in [2.05, 4.69) is 0 Å². The molecule has 0 atom stereocenters. The maximum Gasteiger partial charge on any atom is 0.193 e. The third-order valence-electron chi connectivity index (χ3n) is 4.56. The molecule has 130 valence electrons. The van der Waals surface area contributed by atoms with Crippen LogP contribution < -0.4 is 0 Å². The van der Waals surface area contributed by atoms with E-state index < -0.39 is 0 Å². The fraction of sp³-hybridized carbons (Fsp3) is 0. The molecule has 0 heterocycles. The van der Waals surface area contributed by atoms with Crippen molar-refractivity contribution in [2.24, 2.45) is 0 Å². The number of halogens is 1. The van der Waals surface area contributed by atoms with Crippen molar-refractivity contribution < 1.29 is 4.79 Å². The van der Waals surface area contributed by atoms with Crippen LogP contribution in [0.2, 0.25) is 5.02 Å². The Bertz CT molecular complexity index is 1070. The van der Waals surface area contributed by atoms with Gasteiger partial charge in [0.05, 0.1) is 0 Å². The number of rotatable bonds is 4. The topological polar surface area (TPSA) is 17.1 Å². The van der Waals surface area contributed by atoms with Crippen LogP contribution in [0.3, 0.4) is 0 Å². The van der Waals surface area contributed by atoms with E-state index in [0.717, 1.165) is 22.3 Å². The maximum atomic E-state index is 13.3. The summed E-state index contributed by atoms with van der Waals surface area (Å²) in [7, 11) is 0. The second kappa shape index (κ2) is 7.61. The van der Waals surface area contributed by atoms with Crippen molar-refractivity contribution in [2.45, 2.75) is 0 Å². The van der Waals surface area contributed by atoms with E-state index in [1.54, 1.807) is 0 Å². The predicted octanol–water partition coefficient (Wildman–Crippen LogP) is 6.91. The third-order valence-corrected chi connectivity index (χ3v) is 4.87. The van der Waals surface area contributed by atoms with E-state index in [1.807, 2.05) is 103 Å². The quantitative estimate of drug-likeness (QED) is 0.358. The fourth-order valence-electron chi connectivity index (χ4n) is 3.30. The molecule has 0 aliphatic rings. The minimum absolute atomic E-state index is 0.0108. The van der Waals surface area contributed by atoms with E-state index in [1.165, 1.54) is 0 Å². The highest BCUT2D eigenvalue weighted by Crippen LogP contribution is 2.40. The van der Waals surface area contributed by atoms with Crippen molar-refractivity contribution >= 4 is 17.4 Å². The molecule has 0 saturated carbocycles. The van der Waals surface area contributed by atoms with Crippen LogP contribution in [0.15, 0.2) is 103 Å². The lowest BCUT2D eigenvalue weighted by molar-refractivity contribution is 0.103. The Morgan fingerprint density at radius 1 is 0.556 bits per heavy atom. The van der Waals surface area contributed by atoms with Crippen LogP contribution in [-0.2, 0) is 0 Å². The maximum absolute atomic E-state index is 13.3. The largest absolute Gasteiger partial charge is 0.289 e. The van der Waals surface area contributed by atoms with Gasteiger partial charge >= 0.3 is 0 Å². The molecule has 0 fully saturated rings. The number of ketones is 1. The molecule has 27 heavy (non-hydrogen) atoms. The molecule has 0 radical (unpaired) electrons. The highest BCUT2D eigenvalue weighted by molar-refractivity contribution is 6.34. The summed E-state index contributed by atoms with van der Waals surface area (Å²) in [5.74, 6) is -0.0108. The van der Waals surface area contributed by atoms with Crippen molar-refractivity contribution in [1.82, 2.24) is 0 Å². The normalized spacial score (nSPS) is 10.6. The zero-order valence-corrected chi connectivity index (χ0v) is 15.4. The van der Waals surface area contributed by atoms with Gasteiger partial charge in [0.15, 0.2) is 5.78 Å². The summed E-state index contributed by atoms with van der Waals surface area (Å²) in [5, 5.41) is 0.629. The third kappa shape index (κ3) is 3.42. The molecular formula is C25H17ClO. The van der Waals surface area contributed by atoms with Crippen LogP contribution in [0, 0.1) is 0 Å². The van der Waals surface area contributed by atoms with Gasteiger partial charge in [0.2, 0.25) is 0 Å². The zero-order chi connectivity index (χ0) is 18.6. The van der Waals surface area contributed by atoms with Gasteiger partial charge in [0.25, 0.3) is 0 Å². The molecule has 1 nitrogen and oxygen atoms in total. The summed E-state index contributed by atoms with van der Waals surface area (Å²) in [6.45, 7) is 0. The van der Waals surface area contributed by atoms with Crippen molar-refractivity contribution in [3.05, 3.63) is 119 Å². The molecular weight excluding hydrogens is 352 g/mol. The summed E-state index contributed by atoms with van der Waals surface area (Å²) in [5.41, 5.74) is 5.02. The molecule has 0 amide bonds. The SMILES string of the molecule is O=C(c1ccccc1)c1ccc(Cl)c(-c2ccccc2)c1-c1ccccc1. The van der Waals surface area contributed by atoms with Gasteiger partial charge in [0, 0.05) is 27.3 Å². The van der Waals surface area contributed by atoms with Gasteiger partial charge in [-0.3, -0.25) is 4.79 Å². The molecule has 2 heteroatoms. The molecule has 0 N–H and O–H groups in total. The summed E-state index contributed by atoms with van der Waals surface area (Å²) in [6.07, 6.45) is 0.